The molecule has 3 aromatic heterocycles. The predicted octanol–water partition coefficient (Wildman–Crippen LogP) is 17.5. The van der Waals surface area contributed by atoms with Gasteiger partial charge >= 0.3 is 0 Å². The number of benzene rings is 11. The van der Waals surface area contributed by atoms with Gasteiger partial charge in [-0.2, -0.15) is 5.26 Å². The summed E-state index contributed by atoms with van der Waals surface area (Å²) in [6.45, 7) is 0. The van der Waals surface area contributed by atoms with E-state index in [9.17, 15) is 5.26 Å². The van der Waals surface area contributed by atoms with Gasteiger partial charge in [-0.15, -0.1) is 0 Å². The lowest BCUT2D eigenvalue weighted by Crippen LogP contribution is -2.06. The first-order valence-corrected chi connectivity index (χ1v) is 24.1. The lowest BCUT2D eigenvalue weighted by Gasteiger charge is -2.20. The summed E-state index contributed by atoms with van der Waals surface area (Å²) < 4.78 is 7.20. The van der Waals surface area contributed by atoms with Crippen molar-refractivity contribution in [3.05, 3.63) is 260 Å². The maximum Gasteiger partial charge on any atom is 0.101 e. The highest BCUT2D eigenvalue weighted by Gasteiger charge is 2.28. The van der Waals surface area contributed by atoms with Crippen molar-refractivity contribution in [2.75, 3.05) is 0 Å². The van der Waals surface area contributed by atoms with E-state index >= 15 is 0 Å². The molecule has 0 fully saturated rings. The van der Waals surface area contributed by atoms with Gasteiger partial charge in [0, 0.05) is 38.0 Å². The summed E-state index contributed by atoms with van der Waals surface area (Å²) in [4.78, 5) is 0. The van der Waals surface area contributed by atoms with Gasteiger partial charge in [0.1, 0.15) is 6.07 Å². The normalized spacial score (nSPS) is 11.6. The van der Waals surface area contributed by atoms with E-state index in [2.05, 4.69) is 268 Å². The van der Waals surface area contributed by atoms with Crippen LogP contribution in [-0.4, -0.2) is 13.7 Å². The van der Waals surface area contributed by atoms with Crippen molar-refractivity contribution in [2.45, 2.75) is 0 Å². The van der Waals surface area contributed by atoms with Gasteiger partial charge in [0.15, 0.2) is 0 Å². The molecule has 71 heavy (non-hydrogen) atoms. The van der Waals surface area contributed by atoms with E-state index in [4.69, 9.17) is 0 Å². The van der Waals surface area contributed by atoms with Crippen molar-refractivity contribution < 1.29 is 0 Å². The molecule has 0 aliphatic carbocycles. The zero-order valence-corrected chi connectivity index (χ0v) is 38.5. The average Bonchev–Trinajstić information content (AvgIpc) is 4.09. The van der Waals surface area contributed by atoms with Gasteiger partial charge in [0.25, 0.3) is 0 Å². The summed E-state index contributed by atoms with van der Waals surface area (Å²) in [5, 5.41) is 18.2. The maximum absolute atomic E-state index is 11.6. The van der Waals surface area contributed by atoms with E-state index in [0.717, 1.165) is 127 Å². The second-order valence-corrected chi connectivity index (χ2v) is 18.4. The van der Waals surface area contributed by atoms with Crippen LogP contribution in [0.15, 0.2) is 255 Å². The Labute approximate surface area is 410 Å². The largest absolute Gasteiger partial charge is 0.308 e. The van der Waals surface area contributed by atoms with Gasteiger partial charge < -0.3 is 13.7 Å². The molecule has 4 heteroatoms. The summed E-state index contributed by atoms with van der Waals surface area (Å²) in [5.41, 5.74) is 18.9. The van der Waals surface area contributed by atoms with E-state index < -0.39 is 0 Å². The first-order chi connectivity index (χ1) is 35.2. The molecule has 14 rings (SSSR count). The van der Waals surface area contributed by atoms with E-state index in [1.54, 1.807) is 0 Å². The third-order valence-corrected chi connectivity index (χ3v) is 14.4. The summed E-state index contributed by atoms with van der Waals surface area (Å²) in [7, 11) is 0. The summed E-state index contributed by atoms with van der Waals surface area (Å²) in [6.07, 6.45) is 0. The minimum atomic E-state index is 0.592. The Kier molecular flexibility index (Phi) is 9.23. The Bertz CT molecular complexity index is 4230. The summed E-state index contributed by atoms with van der Waals surface area (Å²) >= 11 is 0. The fraction of sp³-hybridized carbons (Fsp3) is 0. The Morgan fingerprint density at radius 3 is 1.04 bits per heavy atom. The molecule has 0 bridgehead atoms. The molecular weight excluding hydrogens is 861 g/mol. The number of fused-ring (bicyclic) bond motifs is 9. The number of rotatable bonds is 7. The van der Waals surface area contributed by atoms with Crippen LogP contribution in [0.1, 0.15) is 5.56 Å². The zero-order valence-electron chi connectivity index (χ0n) is 38.5. The highest BCUT2D eigenvalue weighted by Crippen LogP contribution is 2.47. The molecule has 3 heterocycles. The van der Waals surface area contributed by atoms with Crippen LogP contribution < -0.4 is 0 Å². The highest BCUT2D eigenvalue weighted by atomic mass is 15.1. The summed E-state index contributed by atoms with van der Waals surface area (Å²) in [5.74, 6) is 0. The van der Waals surface area contributed by atoms with Crippen molar-refractivity contribution in [3.8, 4) is 67.6 Å². The maximum atomic E-state index is 11.6. The Hall–Kier alpha value is -9.69. The Morgan fingerprint density at radius 1 is 0.282 bits per heavy atom. The molecule has 4 nitrogen and oxygen atoms in total. The SMILES string of the molecule is N#Cc1cc(-n2c3ccc(-c4ccccc4)cc3c3cc(-c4ccccc4)ccc32)c(-n2c3ccc(-c4ccccc4)cc3c3cc(-c4ccccc4)ccc32)c2c3ccccc3n(-c3ccccc3)c12. The van der Waals surface area contributed by atoms with Crippen LogP contribution in [0.25, 0.3) is 127 Å². The number of hydrogen-bond donors (Lipinski definition) is 0. The lowest BCUT2D eigenvalue weighted by molar-refractivity contribution is 1.10. The van der Waals surface area contributed by atoms with E-state index in [1.165, 1.54) is 0 Å². The summed E-state index contributed by atoms with van der Waals surface area (Å²) in [6, 6.07) is 94.2. The average molecular weight is 903 g/mol. The van der Waals surface area contributed by atoms with Crippen LogP contribution in [0.2, 0.25) is 0 Å². The van der Waals surface area contributed by atoms with E-state index in [0.29, 0.717) is 5.56 Å². The molecule has 0 amide bonds. The monoisotopic (exact) mass is 902 g/mol. The first-order valence-electron chi connectivity index (χ1n) is 24.1. The quantitative estimate of drug-likeness (QED) is 0.157. The molecule has 330 valence electrons. The Morgan fingerprint density at radius 2 is 0.634 bits per heavy atom. The molecule has 14 aromatic rings. The van der Waals surface area contributed by atoms with E-state index in [-0.39, 0.29) is 0 Å². The molecule has 0 aliphatic heterocycles. The molecule has 0 spiro atoms. The number of aromatic nitrogens is 3. The van der Waals surface area contributed by atoms with Gasteiger partial charge in [-0.1, -0.05) is 182 Å². The van der Waals surface area contributed by atoms with Crippen molar-refractivity contribution in [3.63, 3.8) is 0 Å². The van der Waals surface area contributed by atoms with Gasteiger partial charge in [-0.25, -0.2) is 0 Å². The van der Waals surface area contributed by atoms with Crippen molar-refractivity contribution in [2.24, 2.45) is 0 Å². The van der Waals surface area contributed by atoms with Crippen molar-refractivity contribution in [1.29, 1.82) is 5.26 Å². The molecule has 0 N–H and O–H groups in total. The number of nitrogens with zero attached hydrogens (tertiary/aromatic N) is 4. The van der Waals surface area contributed by atoms with Crippen LogP contribution in [-0.2, 0) is 0 Å². The molecule has 11 aromatic carbocycles. The second kappa shape index (κ2) is 16.2. The standard InChI is InChI=1S/C67H42N4/c68-43-52-42-64(70-60-34-30-48(44-18-6-1-7-19-44)38-55(60)56-39-49(31-35-61(56)70)45-20-8-2-9-21-45)67(65-54-28-16-17-29-59(54)69(66(52)65)53-26-14-5-15-27-53)71-62-36-32-50(46-22-10-3-11-23-46)40-57(62)58-41-51(33-37-63(58)71)47-24-12-4-13-25-47/h1-42H. The molecule has 0 saturated heterocycles. The molecular formula is C67H42N4. The smallest absolute Gasteiger partial charge is 0.101 e. The van der Waals surface area contributed by atoms with Crippen LogP contribution >= 0.6 is 0 Å². The van der Waals surface area contributed by atoms with Crippen LogP contribution in [0, 0.1) is 11.3 Å². The highest BCUT2D eigenvalue weighted by molar-refractivity contribution is 6.21. The van der Waals surface area contributed by atoms with Gasteiger partial charge in [0.05, 0.1) is 50.0 Å². The van der Waals surface area contributed by atoms with Gasteiger partial charge in [0.2, 0.25) is 0 Å². The van der Waals surface area contributed by atoms with Crippen LogP contribution in [0.4, 0.5) is 0 Å². The predicted molar refractivity (Wildman–Crippen MR) is 296 cm³/mol. The lowest BCUT2D eigenvalue weighted by atomic mass is 10.0. The van der Waals surface area contributed by atoms with Crippen molar-refractivity contribution >= 4 is 65.4 Å². The fourth-order valence-corrected chi connectivity index (χ4v) is 11.3. The van der Waals surface area contributed by atoms with Gasteiger partial charge in [-0.05, 0) is 117 Å². The molecule has 0 atom stereocenters. The van der Waals surface area contributed by atoms with Crippen LogP contribution in [0.3, 0.4) is 0 Å². The third-order valence-electron chi connectivity index (χ3n) is 14.4. The third kappa shape index (κ3) is 6.38. The molecule has 0 unspecified atom stereocenters. The topological polar surface area (TPSA) is 38.6 Å². The van der Waals surface area contributed by atoms with E-state index in [1.807, 2.05) is 6.07 Å². The number of nitriles is 1. The minimum Gasteiger partial charge on any atom is -0.308 e. The molecule has 0 aliphatic rings. The minimum absolute atomic E-state index is 0.592. The fourth-order valence-electron chi connectivity index (χ4n) is 11.3. The molecule has 0 saturated carbocycles. The first kappa shape index (κ1) is 40.4. The van der Waals surface area contributed by atoms with Crippen LogP contribution in [0.5, 0.6) is 0 Å². The number of hydrogen-bond acceptors (Lipinski definition) is 1. The Balaban J connectivity index is 1.18. The second-order valence-electron chi connectivity index (χ2n) is 18.4. The number of para-hydroxylation sites is 2. The molecule has 0 radical (unpaired) electrons. The zero-order chi connectivity index (χ0) is 47.0. The van der Waals surface area contributed by atoms with Gasteiger partial charge in [-0.3, -0.25) is 0 Å². The van der Waals surface area contributed by atoms with Crippen molar-refractivity contribution in [1.82, 2.24) is 13.7 Å².